The number of nitrogens with one attached hydrogen (secondary N) is 1. The molecule has 2 aromatic rings. The van der Waals surface area contributed by atoms with E-state index in [1.165, 1.54) is 0 Å². The van der Waals surface area contributed by atoms with Crippen LogP contribution in [0.15, 0.2) is 48.7 Å². The van der Waals surface area contributed by atoms with Gasteiger partial charge in [0.2, 0.25) is 0 Å². The first kappa shape index (κ1) is 13.6. The minimum atomic E-state index is 0.165. The number of pyridine rings is 1. The van der Waals surface area contributed by atoms with E-state index in [-0.39, 0.29) is 6.04 Å². The summed E-state index contributed by atoms with van der Waals surface area (Å²) in [5, 5.41) is 3.42. The lowest BCUT2D eigenvalue weighted by molar-refractivity contribution is 0.268. The summed E-state index contributed by atoms with van der Waals surface area (Å²) >= 11 is 0. The Balaban J connectivity index is 2.02. The van der Waals surface area contributed by atoms with Crippen LogP contribution in [0.4, 0.5) is 0 Å². The smallest absolute Gasteiger partial charge is 0.119 e. The number of benzene rings is 1. The Morgan fingerprint density at radius 2 is 1.95 bits per heavy atom. The zero-order valence-electron chi connectivity index (χ0n) is 11.5. The van der Waals surface area contributed by atoms with Crippen molar-refractivity contribution in [1.29, 1.82) is 0 Å². The van der Waals surface area contributed by atoms with E-state index in [1.54, 1.807) is 0 Å². The van der Waals surface area contributed by atoms with E-state index in [4.69, 9.17) is 4.74 Å². The fraction of sp³-hybridized carbons (Fsp3) is 0.312. The number of hydrogen-bond acceptors (Lipinski definition) is 3. The lowest BCUT2D eigenvalue weighted by Crippen LogP contribution is -2.26. The van der Waals surface area contributed by atoms with Gasteiger partial charge in [0, 0.05) is 11.9 Å². The summed E-state index contributed by atoms with van der Waals surface area (Å²) in [6.07, 6.45) is 1.91. The van der Waals surface area contributed by atoms with Crippen molar-refractivity contribution in [1.82, 2.24) is 10.3 Å². The number of aryl methyl sites for hydroxylation is 1. The molecule has 0 saturated carbocycles. The van der Waals surface area contributed by atoms with Crippen molar-refractivity contribution in [2.45, 2.75) is 19.9 Å². The second-order valence-electron chi connectivity index (χ2n) is 4.47. The number of aromatic nitrogens is 1. The molecule has 1 unspecified atom stereocenters. The summed E-state index contributed by atoms with van der Waals surface area (Å²) in [4.78, 5) is 4.34. The number of nitrogens with zero attached hydrogens (tertiary/aromatic N) is 1. The molecule has 0 aliphatic rings. The molecule has 0 spiro atoms. The van der Waals surface area contributed by atoms with Crippen molar-refractivity contribution < 1.29 is 4.74 Å². The third-order valence-corrected chi connectivity index (χ3v) is 2.95. The second-order valence-corrected chi connectivity index (χ2v) is 4.47. The maximum absolute atomic E-state index is 5.82. The van der Waals surface area contributed by atoms with E-state index >= 15 is 0 Å². The first-order valence-electron chi connectivity index (χ1n) is 6.63. The summed E-state index contributed by atoms with van der Waals surface area (Å²) < 4.78 is 5.82. The van der Waals surface area contributed by atoms with E-state index in [9.17, 15) is 0 Å². The number of ether oxygens (including phenoxy) is 1. The fourth-order valence-corrected chi connectivity index (χ4v) is 1.90. The highest BCUT2D eigenvalue weighted by atomic mass is 16.5. The van der Waals surface area contributed by atoms with E-state index in [0.717, 1.165) is 23.6 Å². The predicted molar refractivity (Wildman–Crippen MR) is 77.3 cm³/mol. The Kier molecular flexibility index (Phi) is 4.93. The quantitative estimate of drug-likeness (QED) is 0.862. The monoisotopic (exact) mass is 256 g/mol. The van der Waals surface area contributed by atoms with E-state index in [2.05, 4.69) is 23.3 Å². The average Bonchev–Trinajstić information content (AvgIpc) is 2.46. The zero-order valence-corrected chi connectivity index (χ0v) is 11.5. The van der Waals surface area contributed by atoms with Gasteiger partial charge in [-0.3, -0.25) is 4.98 Å². The largest absolute Gasteiger partial charge is 0.492 e. The van der Waals surface area contributed by atoms with Gasteiger partial charge in [0.05, 0.1) is 6.04 Å². The van der Waals surface area contributed by atoms with Crippen molar-refractivity contribution in [3.63, 3.8) is 0 Å². The normalized spacial score (nSPS) is 12.1. The molecule has 2 rings (SSSR count). The van der Waals surface area contributed by atoms with Crippen LogP contribution in [0.5, 0.6) is 5.75 Å². The second kappa shape index (κ2) is 6.90. The maximum Gasteiger partial charge on any atom is 0.119 e. The molecule has 1 aromatic heterocycles. The SMILES string of the molecule is CCNC(COc1ccccc1)c1ccc(C)nc1. The van der Waals surface area contributed by atoms with Gasteiger partial charge >= 0.3 is 0 Å². The van der Waals surface area contributed by atoms with Crippen LogP contribution in [0.2, 0.25) is 0 Å². The molecule has 1 atom stereocenters. The summed E-state index contributed by atoms with van der Waals surface area (Å²) in [5.74, 6) is 0.894. The van der Waals surface area contributed by atoms with Crippen molar-refractivity contribution >= 4 is 0 Å². The van der Waals surface area contributed by atoms with Crippen molar-refractivity contribution in [2.75, 3.05) is 13.2 Å². The molecule has 19 heavy (non-hydrogen) atoms. The van der Waals surface area contributed by atoms with Gasteiger partial charge in [-0.1, -0.05) is 31.2 Å². The van der Waals surface area contributed by atoms with Gasteiger partial charge in [0.15, 0.2) is 0 Å². The van der Waals surface area contributed by atoms with Crippen LogP contribution in [-0.4, -0.2) is 18.1 Å². The van der Waals surface area contributed by atoms with Gasteiger partial charge in [-0.15, -0.1) is 0 Å². The van der Waals surface area contributed by atoms with Crippen LogP contribution in [-0.2, 0) is 0 Å². The van der Waals surface area contributed by atoms with Crippen molar-refractivity contribution in [3.05, 3.63) is 59.9 Å². The van der Waals surface area contributed by atoms with Gasteiger partial charge in [0.1, 0.15) is 12.4 Å². The minimum Gasteiger partial charge on any atom is -0.492 e. The molecule has 0 fully saturated rings. The average molecular weight is 256 g/mol. The van der Waals surface area contributed by atoms with E-state index < -0.39 is 0 Å². The van der Waals surface area contributed by atoms with Gasteiger partial charge in [0.25, 0.3) is 0 Å². The van der Waals surface area contributed by atoms with Crippen LogP contribution in [0.3, 0.4) is 0 Å². The summed E-state index contributed by atoms with van der Waals surface area (Å²) in [6, 6.07) is 14.2. The highest BCUT2D eigenvalue weighted by molar-refractivity contribution is 5.22. The Labute approximate surface area is 114 Å². The standard InChI is InChI=1S/C16H20N2O/c1-3-17-16(14-10-9-13(2)18-11-14)12-19-15-7-5-4-6-8-15/h4-11,16-17H,3,12H2,1-2H3. The number of para-hydroxylation sites is 1. The topological polar surface area (TPSA) is 34.1 Å². The first-order chi connectivity index (χ1) is 9.29. The molecule has 1 N–H and O–H groups in total. The Morgan fingerprint density at radius 3 is 2.58 bits per heavy atom. The van der Waals surface area contributed by atoms with Crippen LogP contribution in [0.25, 0.3) is 0 Å². The molecular formula is C16H20N2O. The number of hydrogen-bond donors (Lipinski definition) is 1. The van der Waals surface area contributed by atoms with Crippen molar-refractivity contribution in [2.24, 2.45) is 0 Å². The Hall–Kier alpha value is -1.87. The minimum absolute atomic E-state index is 0.165. The number of rotatable bonds is 6. The molecule has 0 saturated heterocycles. The molecule has 0 bridgehead atoms. The summed E-state index contributed by atoms with van der Waals surface area (Å²) in [7, 11) is 0. The highest BCUT2D eigenvalue weighted by Gasteiger charge is 2.11. The van der Waals surface area contributed by atoms with Gasteiger partial charge < -0.3 is 10.1 Å². The zero-order chi connectivity index (χ0) is 13.5. The van der Waals surface area contributed by atoms with E-state index in [0.29, 0.717) is 6.61 Å². The van der Waals surface area contributed by atoms with Crippen LogP contribution in [0, 0.1) is 6.92 Å². The third kappa shape index (κ3) is 4.07. The molecule has 3 nitrogen and oxygen atoms in total. The predicted octanol–water partition coefficient (Wildman–Crippen LogP) is 3.12. The lowest BCUT2D eigenvalue weighted by Gasteiger charge is -2.18. The van der Waals surface area contributed by atoms with Crippen molar-refractivity contribution in [3.8, 4) is 5.75 Å². The number of likely N-dealkylation sites (N-methyl/N-ethyl adjacent to an activating group) is 1. The third-order valence-electron chi connectivity index (χ3n) is 2.95. The molecule has 100 valence electrons. The van der Waals surface area contributed by atoms with E-state index in [1.807, 2.05) is 49.5 Å². The molecule has 1 aromatic carbocycles. The summed E-state index contributed by atoms with van der Waals surface area (Å²) in [5.41, 5.74) is 2.19. The fourth-order valence-electron chi connectivity index (χ4n) is 1.90. The van der Waals surface area contributed by atoms with Gasteiger partial charge in [-0.2, -0.15) is 0 Å². The molecule has 0 amide bonds. The van der Waals surface area contributed by atoms with Gasteiger partial charge in [-0.05, 0) is 37.2 Å². The molecule has 0 aliphatic carbocycles. The van der Waals surface area contributed by atoms with Crippen LogP contribution >= 0.6 is 0 Å². The Morgan fingerprint density at radius 1 is 1.16 bits per heavy atom. The summed E-state index contributed by atoms with van der Waals surface area (Å²) in [6.45, 7) is 5.59. The maximum atomic E-state index is 5.82. The first-order valence-corrected chi connectivity index (χ1v) is 6.63. The Bertz CT molecular complexity index is 482. The molecule has 0 radical (unpaired) electrons. The van der Waals surface area contributed by atoms with Crippen LogP contribution < -0.4 is 10.1 Å². The molecule has 1 heterocycles. The molecular weight excluding hydrogens is 236 g/mol. The molecule has 0 aliphatic heterocycles. The lowest BCUT2D eigenvalue weighted by atomic mass is 10.1. The van der Waals surface area contributed by atoms with Crippen LogP contribution in [0.1, 0.15) is 24.2 Å². The van der Waals surface area contributed by atoms with Gasteiger partial charge in [-0.25, -0.2) is 0 Å². The molecule has 3 heteroatoms. The highest BCUT2D eigenvalue weighted by Crippen LogP contribution is 2.15.